The Morgan fingerprint density at radius 3 is 2.63 bits per heavy atom. The van der Waals surface area contributed by atoms with Crippen molar-refractivity contribution in [1.29, 1.82) is 0 Å². The first-order valence-electron chi connectivity index (χ1n) is 6.59. The topological polar surface area (TPSA) is 82.2 Å². The summed E-state index contributed by atoms with van der Waals surface area (Å²) in [5.74, 6) is -0.0612. The molecule has 0 unspecified atom stereocenters. The number of carbonyl (C=O) groups is 1. The SMILES string of the molecule is COC1(CNC(=O)Cn2nc(C)c(N)c2C)CCC1. The maximum Gasteiger partial charge on any atom is 0.241 e. The fourth-order valence-electron chi connectivity index (χ4n) is 2.34. The highest BCUT2D eigenvalue weighted by molar-refractivity contribution is 5.76. The van der Waals surface area contributed by atoms with Gasteiger partial charge in [-0.3, -0.25) is 9.48 Å². The molecule has 6 nitrogen and oxygen atoms in total. The molecule has 2 rings (SSSR count). The van der Waals surface area contributed by atoms with Crippen LogP contribution in [0.5, 0.6) is 0 Å². The molecular formula is C13H22N4O2. The Bertz CT molecular complexity index is 472. The van der Waals surface area contributed by atoms with Crippen LogP contribution in [-0.2, 0) is 16.1 Å². The van der Waals surface area contributed by atoms with Crippen LogP contribution in [0.25, 0.3) is 0 Å². The van der Waals surface area contributed by atoms with Crippen molar-refractivity contribution in [1.82, 2.24) is 15.1 Å². The summed E-state index contributed by atoms with van der Waals surface area (Å²) < 4.78 is 7.10. The van der Waals surface area contributed by atoms with E-state index >= 15 is 0 Å². The van der Waals surface area contributed by atoms with Crippen LogP contribution >= 0.6 is 0 Å². The number of aromatic nitrogens is 2. The van der Waals surface area contributed by atoms with E-state index in [0.717, 1.165) is 30.7 Å². The predicted octanol–water partition coefficient (Wildman–Crippen LogP) is 0.767. The third-order valence-corrected chi connectivity index (χ3v) is 4.04. The van der Waals surface area contributed by atoms with Gasteiger partial charge in [0.05, 0.1) is 22.7 Å². The standard InChI is InChI=1S/C13H22N4O2/c1-9-12(14)10(2)17(16-9)7-11(18)15-8-13(19-3)5-4-6-13/h4-8,14H2,1-3H3,(H,15,18). The zero-order chi connectivity index (χ0) is 14.0. The molecule has 1 aliphatic carbocycles. The normalized spacial score (nSPS) is 17.0. The van der Waals surface area contributed by atoms with E-state index in [9.17, 15) is 4.79 Å². The van der Waals surface area contributed by atoms with E-state index in [4.69, 9.17) is 10.5 Å². The summed E-state index contributed by atoms with van der Waals surface area (Å²) in [4.78, 5) is 11.9. The molecule has 1 amide bonds. The molecule has 1 heterocycles. The van der Waals surface area contributed by atoms with E-state index in [-0.39, 0.29) is 18.1 Å². The Balaban J connectivity index is 1.89. The van der Waals surface area contributed by atoms with Gasteiger partial charge >= 0.3 is 0 Å². The maximum absolute atomic E-state index is 11.9. The number of nitrogens with two attached hydrogens (primary N) is 1. The number of hydrogen-bond donors (Lipinski definition) is 2. The maximum atomic E-state index is 11.9. The minimum atomic E-state index is -0.149. The molecule has 1 aromatic heterocycles. The number of aryl methyl sites for hydroxylation is 1. The molecule has 1 aliphatic rings. The fourth-order valence-corrected chi connectivity index (χ4v) is 2.34. The number of methoxy groups -OCH3 is 1. The quantitative estimate of drug-likeness (QED) is 0.824. The summed E-state index contributed by atoms with van der Waals surface area (Å²) in [6.45, 7) is 4.47. The lowest BCUT2D eigenvalue weighted by atomic mass is 9.80. The molecule has 1 saturated carbocycles. The lowest BCUT2D eigenvalue weighted by molar-refractivity contribution is -0.125. The van der Waals surface area contributed by atoms with Crippen LogP contribution in [0.15, 0.2) is 0 Å². The Morgan fingerprint density at radius 1 is 1.53 bits per heavy atom. The fraction of sp³-hybridized carbons (Fsp3) is 0.692. The third-order valence-electron chi connectivity index (χ3n) is 4.04. The van der Waals surface area contributed by atoms with Crippen molar-refractivity contribution >= 4 is 11.6 Å². The van der Waals surface area contributed by atoms with E-state index in [1.54, 1.807) is 11.8 Å². The average molecular weight is 266 g/mol. The molecule has 106 valence electrons. The van der Waals surface area contributed by atoms with E-state index in [2.05, 4.69) is 10.4 Å². The van der Waals surface area contributed by atoms with Crippen molar-refractivity contribution < 1.29 is 9.53 Å². The second-order valence-electron chi connectivity index (χ2n) is 5.26. The molecule has 0 spiro atoms. The van der Waals surface area contributed by atoms with Gasteiger partial charge in [-0.05, 0) is 33.1 Å². The van der Waals surface area contributed by atoms with Crippen molar-refractivity contribution in [2.24, 2.45) is 0 Å². The minimum absolute atomic E-state index is 0.0612. The highest BCUT2D eigenvalue weighted by atomic mass is 16.5. The van der Waals surface area contributed by atoms with Gasteiger partial charge in [-0.2, -0.15) is 5.10 Å². The molecule has 0 aromatic carbocycles. The van der Waals surface area contributed by atoms with Crippen LogP contribution in [-0.4, -0.2) is 34.9 Å². The molecule has 0 bridgehead atoms. The van der Waals surface area contributed by atoms with Crippen LogP contribution in [0, 0.1) is 13.8 Å². The Morgan fingerprint density at radius 2 is 2.21 bits per heavy atom. The Kier molecular flexibility index (Phi) is 3.80. The zero-order valence-corrected chi connectivity index (χ0v) is 11.8. The number of nitrogens with zero attached hydrogens (tertiary/aromatic N) is 2. The molecule has 1 fully saturated rings. The van der Waals surface area contributed by atoms with Crippen molar-refractivity contribution in [3.05, 3.63) is 11.4 Å². The second-order valence-corrected chi connectivity index (χ2v) is 5.26. The molecular weight excluding hydrogens is 244 g/mol. The Hall–Kier alpha value is -1.56. The number of nitrogen functional groups attached to an aromatic ring is 1. The summed E-state index contributed by atoms with van der Waals surface area (Å²) in [6.07, 6.45) is 3.19. The van der Waals surface area contributed by atoms with Crippen LogP contribution in [0.3, 0.4) is 0 Å². The van der Waals surface area contributed by atoms with Gasteiger partial charge in [0.15, 0.2) is 0 Å². The Labute approximate surface area is 113 Å². The molecule has 0 aliphatic heterocycles. The molecule has 1 aromatic rings. The molecule has 6 heteroatoms. The van der Waals surface area contributed by atoms with Crippen LogP contribution < -0.4 is 11.1 Å². The van der Waals surface area contributed by atoms with Gasteiger partial charge in [-0.25, -0.2) is 0 Å². The first-order valence-corrected chi connectivity index (χ1v) is 6.59. The number of carbonyl (C=O) groups excluding carboxylic acids is 1. The van der Waals surface area contributed by atoms with Crippen LogP contribution in [0.2, 0.25) is 0 Å². The largest absolute Gasteiger partial charge is 0.396 e. The first-order chi connectivity index (χ1) is 8.97. The van der Waals surface area contributed by atoms with E-state index in [1.165, 1.54) is 0 Å². The van der Waals surface area contributed by atoms with Gasteiger partial charge in [0.25, 0.3) is 0 Å². The number of rotatable bonds is 5. The van der Waals surface area contributed by atoms with Crippen LogP contribution in [0.1, 0.15) is 30.7 Å². The number of hydrogen-bond acceptors (Lipinski definition) is 4. The van der Waals surface area contributed by atoms with Crippen molar-refractivity contribution in [3.8, 4) is 0 Å². The van der Waals surface area contributed by atoms with Gasteiger partial charge in [-0.15, -0.1) is 0 Å². The van der Waals surface area contributed by atoms with Crippen molar-refractivity contribution in [2.75, 3.05) is 19.4 Å². The first kappa shape index (κ1) is 13.9. The predicted molar refractivity (Wildman–Crippen MR) is 72.7 cm³/mol. The third kappa shape index (κ3) is 2.73. The summed E-state index contributed by atoms with van der Waals surface area (Å²) in [5.41, 5.74) is 7.94. The highest BCUT2D eigenvalue weighted by Gasteiger charge is 2.37. The van der Waals surface area contributed by atoms with E-state index in [0.29, 0.717) is 12.2 Å². The molecule has 0 saturated heterocycles. The summed E-state index contributed by atoms with van der Waals surface area (Å²) in [7, 11) is 1.70. The average Bonchev–Trinajstić information content (AvgIpc) is 2.56. The molecule has 19 heavy (non-hydrogen) atoms. The summed E-state index contributed by atoms with van der Waals surface area (Å²) in [6, 6.07) is 0. The number of ether oxygens (including phenoxy) is 1. The number of nitrogens with one attached hydrogen (secondary N) is 1. The van der Waals surface area contributed by atoms with Gasteiger partial charge < -0.3 is 15.8 Å². The molecule has 0 atom stereocenters. The van der Waals surface area contributed by atoms with Gasteiger partial charge in [0, 0.05) is 13.7 Å². The smallest absolute Gasteiger partial charge is 0.241 e. The van der Waals surface area contributed by atoms with E-state index in [1.807, 2.05) is 13.8 Å². The summed E-state index contributed by atoms with van der Waals surface area (Å²) >= 11 is 0. The monoisotopic (exact) mass is 266 g/mol. The minimum Gasteiger partial charge on any atom is -0.396 e. The zero-order valence-electron chi connectivity index (χ0n) is 11.8. The van der Waals surface area contributed by atoms with E-state index < -0.39 is 0 Å². The van der Waals surface area contributed by atoms with Crippen molar-refractivity contribution in [2.45, 2.75) is 45.3 Å². The van der Waals surface area contributed by atoms with Crippen molar-refractivity contribution in [3.63, 3.8) is 0 Å². The van der Waals surface area contributed by atoms with Gasteiger partial charge in [0.2, 0.25) is 5.91 Å². The van der Waals surface area contributed by atoms with Gasteiger partial charge in [-0.1, -0.05) is 0 Å². The lowest BCUT2D eigenvalue weighted by Crippen LogP contribution is -2.49. The van der Waals surface area contributed by atoms with Gasteiger partial charge in [0.1, 0.15) is 6.54 Å². The highest BCUT2D eigenvalue weighted by Crippen LogP contribution is 2.34. The summed E-state index contributed by atoms with van der Waals surface area (Å²) in [5, 5.41) is 7.16. The lowest BCUT2D eigenvalue weighted by Gasteiger charge is -2.40. The molecule has 3 N–H and O–H groups in total. The number of anilines is 1. The van der Waals surface area contributed by atoms with Crippen LogP contribution in [0.4, 0.5) is 5.69 Å². The molecule has 0 radical (unpaired) electrons. The second kappa shape index (κ2) is 5.21. The number of amides is 1.